The zero-order chi connectivity index (χ0) is 31.2. The Morgan fingerprint density at radius 3 is 2.11 bits per heavy atom. The molecule has 0 spiro atoms. The summed E-state index contributed by atoms with van der Waals surface area (Å²) in [5.74, 6) is 1.79. The second-order valence-corrected chi connectivity index (χ2v) is 11.8. The van der Waals surface area contributed by atoms with Crippen molar-refractivity contribution in [2.75, 3.05) is 87.1 Å². The van der Waals surface area contributed by atoms with Crippen LogP contribution in [-0.4, -0.2) is 111 Å². The first kappa shape index (κ1) is 30.7. The number of likely N-dealkylation sites (N-methyl/N-ethyl adjacent to an activating group) is 1. The normalized spacial score (nSPS) is 19.7. The third kappa shape index (κ3) is 7.67. The fourth-order valence-electron chi connectivity index (χ4n) is 5.86. The van der Waals surface area contributed by atoms with Gasteiger partial charge in [-0.3, -0.25) is 4.79 Å². The summed E-state index contributed by atoms with van der Waals surface area (Å²) in [5, 5.41) is 8.56. The maximum absolute atomic E-state index is 12.7. The number of amides is 3. The van der Waals surface area contributed by atoms with Crippen molar-refractivity contribution in [2.24, 2.45) is 0 Å². The lowest BCUT2D eigenvalue weighted by Gasteiger charge is -2.45. The molecule has 45 heavy (non-hydrogen) atoms. The first-order valence-corrected chi connectivity index (χ1v) is 15.6. The van der Waals surface area contributed by atoms with Crippen molar-refractivity contribution in [1.29, 1.82) is 0 Å². The molecule has 0 radical (unpaired) electrons. The highest BCUT2D eigenvalue weighted by atomic mass is 16.5. The van der Waals surface area contributed by atoms with Gasteiger partial charge in [0.2, 0.25) is 11.9 Å². The molecule has 3 fully saturated rings. The van der Waals surface area contributed by atoms with Crippen LogP contribution in [0.4, 0.5) is 28.1 Å². The van der Waals surface area contributed by atoms with Crippen molar-refractivity contribution < 1.29 is 19.1 Å². The molecule has 2 aromatic carbocycles. The highest BCUT2D eigenvalue weighted by Gasteiger charge is 2.37. The monoisotopic (exact) mass is 615 g/mol. The molecule has 2 atom stereocenters. The van der Waals surface area contributed by atoms with Gasteiger partial charge in [-0.1, -0.05) is 0 Å². The van der Waals surface area contributed by atoms with E-state index in [4.69, 9.17) is 24.4 Å². The van der Waals surface area contributed by atoms with Crippen molar-refractivity contribution in [1.82, 2.24) is 25.2 Å². The van der Waals surface area contributed by atoms with Gasteiger partial charge in [0.1, 0.15) is 0 Å². The van der Waals surface area contributed by atoms with Gasteiger partial charge < -0.3 is 40.1 Å². The summed E-state index contributed by atoms with van der Waals surface area (Å²) in [4.78, 5) is 46.3. The number of rotatable bonds is 9. The van der Waals surface area contributed by atoms with Gasteiger partial charge in [0.05, 0.1) is 38.5 Å². The molecule has 0 aliphatic carbocycles. The molecule has 3 amide bonds. The predicted molar refractivity (Wildman–Crippen MR) is 173 cm³/mol. The molecule has 4 heterocycles. The van der Waals surface area contributed by atoms with Crippen molar-refractivity contribution in [2.45, 2.75) is 31.3 Å². The van der Waals surface area contributed by atoms with E-state index in [-0.39, 0.29) is 24.0 Å². The van der Waals surface area contributed by atoms with Crippen molar-refractivity contribution >= 4 is 35.2 Å². The van der Waals surface area contributed by atoms with Crippen LogP contribution in [0, 0.1) is 0 Å². The lowest BCUT2D eigenvalue weighted by molar-refractivity contribution is 0.0452. The van der Waals surface area contributed by atoms with Crippen LogP contribution < -0.4 is 25.8 Å². The van der Waals surface area contributed by atoms with Crippen molar-refractivity contribution in [3.63, 3.8) is 0 Å². The molecular weight excluding hydrogens is 574 g/mol. The molecule has 3 aromatic rings. The number of carbonyl (C=O) groups excluding carboxylic acids is 2. The van der Waals surface area contributed by atoms with Gasteiger partial charge in [-0.25, -0.2) is 4.79 Å². The molecular formula is C32H41N9O4. The lowest BCUT2D eigenvalue weighted by atomic mass is 9.95. The van der Waals surface area contributed by atoms with Gasteiger partial charge in [-0.05, 0) is 81.9 Å². The van der Waals surface area contributed by atoms with Gasteiger partial charge in [0.25, 0.3) is 5.91 Å². The smallest absolute Gasteiger partial charge is 0.323 e. The van der Waals surface area contributed by atoms with E-state index in [1.165, 1.54) is 6.42 Å². The van der Waals surface area contributed by atoms with Gasteiger partial charge >= 0.3 is 6.03 Å². The number of carbonyl (C=O) groups is 2. The van der Waals surface area contributed by atoms with E-state index < -0.39 is 0 Å². The highest BCUT2D eigenvalue weighted by molar-refractivity contribution is 6.00. The number of hydrogen-bond donors (Lipinski definition) is 3. The Kier molecular flexibility index (Phi) is 9.67. The number of piperidine rings is 1. The minimum absolute atomic E-state index is 0.150. The third-order valence-corrected chi connectivity index (χ3v) is 8.27. The van der Waals surface area contributed by atoms with Crippen molar-refractivity contribution in [3.8, 4) is 11.4 Å². The van der Waals surface area contributed by atoms with Gasteiger partial charge in [0.15, 0.2) is 5.82 Å². The minimum Gasteiger partial charge on any atom is -0.378 e. The average molecular weight is 616 g/mol. The second kappa shape index (κ2) is 14.2. The number of aromatic nitrogens is 3. The molecule has 3 aliphatic heterocycles. The zero-order valence-electron chi connectivity index (χ0n) is 25.9. The van der Waals surface area contributed by atoms with Crippen LogP contribution in [0.2, 0.25) is 0 Å². The number of morpholine rings is 2. The molecule has 1 aromatic heterocycles. The van der Waals surface area contributed by atoms with E-state index in [0.29, 0.717) is 67.6 Å². The molecule has 3 aliphatic rings. The fraction of sp³-hybridized carbons (Fsp3) is 0.469. The van der Waals surface area contributed by atoms with E-state index in [1.54, 1.807) is 24.3 Å². The van der Waals surface area contributed by atoms with Crippen LogP contribution in [0.25, 0.3) is 11.4 Å². The minimum atomic E-state index is -0.387. The molecule has 2 bridgehead atoms. The Morgan fingerprint density at radius 1 is 0.844 bits per heavy atom. The van der Waals surface area contributed by atoms with E-state index in [0.717, 1.165) is 38.0 Å². The van der Waals surface area contributed by atoms with Gasteiger partial charge in [-0.2, -0.15) is 15.0 Å². The second-order valence-electron chi connectivity index (χ2n) is 11.8. The Morgan fingerprint density at radius 2 is 1.47 bits per heavy atom. The maximum atomic E-state index is 12.7. The Labute approximate surface area is 263 Å². The summed E-state index contributed by atoms with van der Waals surface area (Å²) in [5.41, 5.74) is 2.57. The van der Waals surface area contributed by atoms with Crippen LogP contribution in [0.5, 0.6) is 0 Å². The Bertz CT molecular complexity index is 1440. The number of ether oxygens (including phenoxy) is 2. The summed E-state index contributed by atoms with van der Waals surface area (Å²) in [6.07, 6.45) is 3.30. The molecule has 3 saturated heterocycles. The van der Waals surface area contributed by atoms with E-state index in [2.05, 4.69) is 25.8 Å². The van der Waals surface area contributed by atoms with E-state index >= 15 is 0 Å². The quantitative estimate of drug-likeness (QED) is 0.329. The van der Waals surface area contributed by atoms with E-state index in [9.17, 15) is 9.59 Å². The number of hydrogen-bond acceptors (Lipinski definition) is 10. The molecule has 6 rings (SSSR count). The molecule has 2 unspecified atom stereocenters. The number of benzene rings is 2. The SMILES string of the molecule is CN(C)CCNC(=O)c1ccc(NC(=O)Nc2ccc(-c3nc(N4CCOCC4)nc(N4C5CCCC4COC5)n3)cc2)cc1. The summed E-state index contributed by atoms with van der Waals surface area (Å²) >= 11 is 0. The standard InChI is InChI=1S/C32H41N9O4/c1-39(2)15-14-33-29(42)23-8-12-25(13-9-23)35-32(43)34-24-10-6-22(7-11-24)28-36-30(40-16-18-44-19-17-40)38-31(37-28)41-26-4-3-5-27(41)21-45-20-26/h6-13,26-27H,3-5,14-21H2,1-2H3,(H,33,42)(H2,34,35,43). The highest BCUT2D eigenvalue weighted by Crippen LogP contribution is 2.32. The molecule has 3 N–H and O–H groups in total. The first-order valence-electron chi connectivity index (χ1n) is 15.6. The third-order valence-electron chi connectivity index (χ3n) is 8.27. The van der Waals surface area contributed by atoms with Crippen LogP contribution in [0.3, 0.4) is 0 Å². The number of nitrogens with zero attached hydrogens (tertiary/aromatic N) is 6. The number of anilines is 4. The summed E-state index contributed by atoms with van der Waals surface area (Å²) in [6, 6.07) is 14.4. The van der Waals surface area contributed by atoms with Crippen LogP contribution in [0.15, 0.2) is 48.5 Å². The zero-order valence-corrected chi connectivity index (χ0v) is 25.9. The fourth-order valence-corrected chi connectivity index (χ4v) is 5.86. The van der Waals surface area contributed by atoms with Crippen LogP contribution in [-0.2, 0) is 9.47 Å². The van der Waals surface area contributed by atoms with Crippen molar-refractivity contribution in [3.05, 3.63) is 54.1 Å². The van der Waals surface area contributed by atoms with E-state index in [1.807, 2.05) is 43.3 Å². The van der Waals surface area contributed by atoms with Crippen LogP contribution in [0.1, 0.15) is 29.6 Å². The molecule has 238 valence electrons. The number of fused-ring (bicyclic) bond motifs is 2. The summed E-state index contributed by atoms with van der Waals surface area (Å²) < 4.78 is 11.4. The lowest BCUT2D eigenvalue weighted by Crippen LogP contribution is -2.56. The topological polar surface area (TPSA) is 137 Å². The molecule has 13 heteroatoms. The predicted octanol–water partition coefficient (Wildman–Crippen LogP) is 3.07. The summed E-state index contributed by atoms with van der Waals surface area (Å²) in [7, 11) is 3.91. The Hall–Kier alpha value is -4.33. The molecule has 13 nitrogen and oxygen atoms in total. The van der Waals surface area contributed by atoms with Gasteiger partial charge in [0, 0.05) is 48.7 Å². The van der Waals surface area contributed by atoms with Crippen LogP contribution >= 0.6 is 0 Å². The average Bonchev–Trinajstić information content (AvgIpc) is 3.05. The number of urea groups is 1. The van der Waals surface area contributed by atoms with Gasteiger partial charge in [-0.15, -0.1) is 0 Å². The Balaban J connectivity index is 1.13. The molecule has 0 saturated carbocycles. The maximum Gasteiger partial charge on any atom is 0.323 e. The summed E-state index contributed by atoms with van der Waals surface area (Å²) in [6.45, 7) is 5.41. The number of nitrogens with one attached hydrogen (secondary N) is 3. The largest absolute Gasteiger partial charge is 0.378 e. The first-order chi connectivity index (χ1) is 21.9.